The monoisotopic (exact) mass is 1030 g/mol. The summed E-state index contributed by atoms with van der Waals surface area (Å²) in [7, 11) is 0. The number of fused-ring (bicyclic) bond motifs is 1. The van der Waals surface area contributed by atoms with Crippen LogP contribution in [0.2, 0.25) is 0 Å². The summed E-state index contributed by atoms with van der Waals surface area (Å²) >= 11 is 0. The van der Waals surface area contributed by atoms with E-state index in [0.717, 1.165) is 83.6 Å². The largest absolute Gasteiger partial charge is 0.507 e. The number of nitrogens with zero attached hydrogens (tertiary/aromatic N) is 3. The first-order valence-electron chi connectivity index (χ1n) is 22.3. The van der Waals surface area contributed by atoms with Gasteiger partial charge in [-0.2, -0.15) is 0 Å². The van der Waals surface area contributed by atoms with E-state index >= 15 is 0 Å². The van der Waals surface area contributed by atoms with E-state index < -0.39 is 0 Å². The molecule has 0 unspecified atom stereocenters. The summed E-state index contributed by atoms with van der Waals surface area (Å²) in [6.07, 6.45) is 1.88. The van der Waals surface area contributed by atoms with Crippen molar-refractivity contribution in [1.29, 1.82) is 0 Å². The Hall–Kier alpha value is -6.35. The van der Waals surface area contributed by atoms with Gasteiger partial charge in [-0.3, -0.25) is 9.55 Å². The Labute approximate surface area is 399 Å². The first-order chi connectivity index (χ1) is 30.5. The van der Waals surface area contributed by atoms with E-state index in [1.807, 2.05) is 18.3 Å². The van der Waals surface area contributed by atoms with Crippen LogP contribution >= 0.6 is 0 Å². The first kappa shape index (κ1) is 45.2. The fraction of sp³-hybridized carbons (Fsp3) is 0.200. The number of aromatic nitrogens is 3. The topological polar surface area (TPSA) is 50.9 Å². The molecule has 0 aliphatic rings. The summed E-state index contributed by atoms with van der Waals surface area (Å²) in [4.78, 5) is 10.6. The van der Waals surface area contributed by atoms with Crippen molar-refractivity contribution in [2.24, 2.45) is 0 Å². The minimum Gasteiger partial charge on any atom is -0.507 e. The Kier molecular flexibility index (Phi) is 12.2. The van der Waals surface area contributed by atoms with Crippen LogP contribution in [-0.4, -0.2) is 19.6 Å². The SMILES string of the molecule is CC(C)(C)c1ccc(-n2c(-c3cc(C(C)(C)C)cc(C(C)(C)C)c3O)nc3c(-c4[c-]c(-c5cc(-c6ccccc6)ccn5)cc(-c5ccccc5)c4)cccc32)c(-c2ccccc2)c1.[Pt]. The Balaban J connectivity index is 0.00000576. The second-order valence-corrected chi connectivity index (χ2v) is 20.1. The van der Waals surface area contributed by atoms with Gasteiger partial charge in [0.1, 0.15) is 11.6 Å². The van der Waals surface area contributed by atoms with Gasteiger partial charge < -0.3 is 5.11 Å². The van der Waals surface area contributed by atoms with Crippen molar-refractivity contribution in [3.63, 3.8) is 0 Å². The van der Waals surface area contributed by atoms with Gasteiger partial charge in [0.05, 0.1) is 22.3 Å². The summed E-state index contributed by atoms with van der Waals surface area (Å²) in [6, 6.07) is 61.5. The third-order valence-electron chi connectivity index (χ3n) is 12.3. The molecule has 0 amide bonds. The molecule has 2 heterocycles. The Bertz CT molecular complexity index is 3150. The third kappa shape index (κ3) is 9.02. The van der Waals surface area contributed by atoms with Crippen LogP contribution in [0.15, 0.2) is 170 Å². The molecule has 0 spiro atoms. The van der Waals surface area contributed by atoms with E-state index in [0.29, 0.717) is 11.4 Å². The van der Waals surface area contributed by atoms with Gasteiger partial charge in [0, 0.05) is 44.1 Å². The molecule has 7 aromatic carbocycles. The Morgan fingerprint density at radius 1 is 0.477 bits per heavy atom. The predicted molar refractivity (Wildman–Crippen MR) is 268 cm³/mol. The summed E-state index contributed by atoms with van der Waals surface area (Å²) in [5.74, 6) is 0.921. The minimum absolute atomic E-state index is 0. The van der Waals surface area contributed by atoms with Crippen molar-refractivity contribution < 1.29 is 26.2 Å². The number of pyridine rings is 1. The van der Waals surface area contributed by atoms with Crippen molar-refractivity contribution in [2.45, 2.75) is 78.6 Å². The minimum atomic E-state index is -0.333. The molecule has 0 bridgehead atoms. The average Bonchev–Trinajstić information content (AvgIpc) is 3.68. The molecule has 0 radical (unpaired) electrons. The number of imidazole rings is 1. The van der Waals surface area contributed by atoms with E-state index in [1.54, 1.807) is 0 Å². The van der Waals surface area contributed by atoms with Crippen LogP contribution < -0.4 is 0 Å². The van der Waals surface area contributed by atoms with Gasteiger partial charge in [0.15, 0.2) is 0 Å². The molecule has 0 saturated carbocycles. The van der Waals surface area contributed by atoms with Crippen molar-refractivity contribution in [2.75, 3.05) is 0 Å². The molecule has 65 heavy (non-hydrogen) atoms. The van der Waals surface area contributed by atoms with Gasteiger partial charge in [-0.25, -0.2) is 4.98 Å². The molecule has 4 nitrogen and oxygen atoms in total. The predicted octanol–water partition coefficient (Wildman–Crippen LogP) is 15.8. The molecule has 5 heteroatoms. The third-order valence-corrected chi connectivity index (χ3v) is 12.3. The van der Waals surface area contributed by atoms with E-state index in [-0.39, 0.29) is 43.1 Å². The number of phenols is 1. The summed E-state index contributed by atoms with van der Waals surface area (Å²) < 4.78 is 2.27. The van der Waals surface area contributed by atoms with E-state index in [2.05, 4.69) is 225 Å². The molecule has 0 fully saturated rings. The van der Waals surface area contributed by atoms with Crippen LogP contribution in [0.25, 0.3) is 83.9 Å². The van der Waals surface area contributed by atoms with Crippen LogP contribution in [0.4, 0.5) is 0 Å². The number of hydrogen-bond acceptors (Lipinski definition) is 3. The van der Waals surface area contributed by atoms with Crippen LogP contribution in [-0.2, 0) is 37.3 Å². The van der Waals surface area contributed by atoms with Crippen molar-refractivity contribution in [3.05, 3.63) is 193 Å². The van der Waals surface area contributed by atoms with Crippen molar-refractivity contribution >= 4 is 11.0 Å². The van der Waals surface area contributed by atoms with Gasteiger partial charge in [0.25, 0.3) is 0 Å². The summed E-state index contributed by atoms with van der Waals surface area (Å²) in [6.45, 7) is 19.9. The normalized spacial score (nSPS) is 12.0. The molecule has 0 atom stereocenters. The quantitative estimate of drug-likeness (QED) is 0.162. The Morgan fingerprint density at radius 3 is 1.68 bits per heavy atom. The molecule has 0 saturated heterocycles. The second kappa shape index (κ2) is 17.6. The van der Waals surface area contributed by atoms with Gasteiger partial charge >= 0.3 is 0 Å². The van der Waals surface area contributed by atoms with Gasteiger partial charge in [-0.05, 0) is 80.0 Å². The van der Waals surface area contributed by atoms with E-state index in [1.165, 1.54) is 5.56 Å². The van der Waals surface area contributed by atoms with Gasteiger partial charge in [0.2, 0.25) is 0 Å². The number of aromatic hydroxyl groups is 1. The van der Waals surface area contributed by atoms with Crippen LogP contribution in [0.1, 0.15) is 79.0 Å². The molecule has 0 aliphatic heterocycles. The molecule has 9 aromatic rings. The van der Waals surface area contributed by atoms with Crippen LogP contribution in [0.5, 0.6) is 5.75 Å². The van der Waals surface area contributed by atoms with Gasteiger partial charge in [-0.15, -0.1) is 23.8 Å². The number of rotatable bonds is 7. The van der Waals surface area contributed by atoms with Crippen LogP contribution in [0, 0.1) is 6.07 Å². The molecule has 0 aliphatic carbocycles. The van der Waals surface area contributed by atoms with Crippen LogP contribution in [0.3, 0.4) is 0 Å². The number of para-hydroxylation sites is 1. The van der Waals surface area contributed by atoms with Crippen molar-refractivity contribution in [1.82, 2.24) is 14.5 Å². The Morgan fingerprint density at radius 2 is 1.06 bits per heavy atom. The smallest absolute Gasteiger partial charge is 0.148 e. The maximum absolute atomic E-state index is 12.6. The fourth-order valence-electron chi connectivity index (χ4n) is 8.64. The second-order valence-electron chi connectivity index (χ2n) is 20.1. The zero-order chi connectivity index (χ0) is 45.0. The van der Waals surface area contributed by atoms with E-state index in [9.17, 15) is 5.11 Å². The molecule has 1 N–H and O–H groups in total. The zero-order valence-electron chi connectivity index (χ0n) is 38.8. The standard InChI is InChI=1S/C60H56N3O.Pt/c1-58(2,3)46-28-29-53(49(36-46)41-24-17-12-18-25-41)63-54-27-19-26-48(55(54)62-57(63)50-37-47(59(4,5)6)38-51(56(50)64)60(7,8)9)44-32-43(40-22-15-11-16-23-40)33-45(34-44)52-35-42(30-31-61-52)39-20-13-10-14-21-39;/h10-33,35-38,64H,1-9H3;/q-1;. The van der Waals surface area contributed by atoms with Gasteiger partial charge in [-0.1, -0.05) is 200 Å². The average molecular weight is 1030 g/mol. The number of hydrogen-bond donors (Lipinski definition) is 1. The number of benzene rings is 7. The maximum atomic E-state index is 12.6. The summed E-state index contributed by atoms with van der Waals surface area (Å²) in [5.41, 5.74) is 16.2. The van der Waals surface area contributed by atoms with E-state index in [4.69, 9.17) is 9.97 Å². The molecule has 2 aromatic heterocycles. The molecular formula is C60H56N3OPt-. The maximum Gasteiger partial charge on any atom is 0.148 e. The molecule has 328 valence electrons. The van der Waals surface area contributed by atoms with Crippen molar-refractivity contribution in [3.8, 4) is 78.6 Å². The fourth-order valence-corrected chi connectivity index (χ4v) is 8.64. The summed E-state index contributed by atoms with van der Waals surface area (Å²) in [5, 5.41) is 12.6. The number of phenolic OH excluding ortho intramolecular Hbond substituents is 1. The zero-order valence-corrected chi connectivity index (χ0v) is 41.0. The molecular weight excluding hydrogens is 974 g/mol. The molecule has 9 rings (SSSR count). The first-order valence-corrected chi connectivity index (χ1v) is 22.3.